The summed E-state index contributed by atoms with van der Waals surface area (Å²) in [5.74, 6) is 2.31. The summed E-state index contributed by atoms with van der Waals surface area (Å²) in [5.41, 5.74) is 2.40. The largest absolute Gasteiger partial charge is 0.494 e. The fraction of sp³-hybridized carbons (Fsp3) is 0.636. The summed E-state index contributed by atoms with van der Waals surface area (Å²) in [7, 11) is 1.93. The Balaban J connectivity index is 1.45. The number of nitrogens with one attached hydrogen (secondary N) is 1. The first-order chi connectivity index (χ1) is 13.0. The van der Waals surface area contributed by atoms with Gasteiger partial charge in [0.05, 0.1) is 6.61 Å². The molecule has 1 aromatic rings. The Kier molecular flexibility index (Phi) is 6.40. The third kappa shape index (κ3) is 4.82. The van der Waals surface area contributed by atoms with Gasteiger partial charge in [0.2, 0.25) is 11.8 Å². The number of nitrogens with zero attached hydrogens (tertiary/aromatic N) is 1. The van der Waals surface area contributed by atoms with Gasteiger partial charge in [0.15, 0.2) is 0 Å². The van der Waals surface area contributed by atoms with Crippen molar-refractivity contribution < 1.29 is 14.3 Å². The number of benzene rings is 1. The molecule has 2 amide bonds. The van der Waals surface area contributed by atoms with E-state index in [9.17, 15) is 9.59 Å². The number of hydrogen-bond donors (Lipinski definition) is 1. The molecule has 1 saturated heterocycles. The van der Waals surface area contributed by atoms with Crippen LogP contribution in [0, 0.1) is 18.8 Å². The lowest BCUT2D eigenvalue weighted by molar-refractivity contribution is -0.132. The zero-order valence-electron chi connectivity index (χ0n) is 16.8. The number of amides is 2. The summed E-state index contributed by atoms with van der Waals surface area (Å²) in [6, 6.07) is 6.56. The van der Waals surface area contributed by atoms with Crippen LogP contribution in [0.15, 0.2) is 18.2 Å². The van der Waals surface area contributed by atoms with Crippen molar-refractivity contribution in [1.82, 2.24) is 10.2 Å². The Morgan fingerprint density at radius 3 is 2.81 bits per heavy atom. The first kappa shape index (κ1) is 19.7. The second-order valence-corrected chi connectivity index (χ2v) is 8.04. The Bertz CT molecular complexity index is 688. The molecule has 0 spiro atoms. The summed E-state index contributed by atoms with van der Waals surface area (Å²) in [6.45, 7) is 5.50. The number of carbonyl (C=O) groups is 2. The van der Waals surface area contributed by atoms with Gasteiger partial charge in [0.25, 0.3) is 0 Å². The predicted octanol–water partition coefficient (Wildman–Crippen LogP) is 3.09. The molecule has 1 aromatic carbocycles. The third-order valence-corrected chi connectivity index (χ3v) is 6.16. The summed E-state index contributed by atoms with van der Waals surface area (Å²) in [4.78, 5) is 26.1. The van der Waals surface area contributed by atoms with Gasteiger partial charge in [-0.25, -0.2) is 0 Å². The van der Waals surface area contributed by atoms with Crippen LogP contribution in [0.5, 0.6) is 5.75 Å². The van der Waals surface area contributed by atoms with E-state index in [1.807, 2.05) is 24.9 Å². The van der Waals surface area contributed by atoms with Crippen LogP contribution in [0.3, 0.4) is 0 Å². The molecule has 5 heteroatoms. The fourth-order valence-corrected chi connectivity index (χ4v) is 4.56. The van der Waals surface area contributed by atoms with Gasteiger partial charge in [-0.15, -0.1) is 0 Å². The second-order valence-electron chi connectivity index (χ2n) is 8.04. The lowest BCUT2D eigenvalue weighted by Gasteiger charge is -2.25. The number of ether oxygens (including phenoxy) is 1. The maximum absolute atomic E-state index is 12.6. The number of rotatable bonds is 7. The van der Waals surface area contributed by atoms with E-state index in [4.69, 9.17) is 4.74 Å². The third-order valence-electron chi connectivity index (χ3n) is 6.16. The highest BCUT2D eigenvalue weighted by Crippen LogP contribution is 2.38. The lowest BCUT2D eigenvalue weighted by Crippen LogP contribution is -2.38. The normalized spacial score (nSPS) is 24.3. The summed E-state index contributed by atoms with van der Waals surface area (Å²) in [5, 5.41) is 2.96. The number of piperidine rings is 1. The van der Waals surface area contributed by atoms with Crippen molar-refractivity contribution in [3.63, 3.8) is 0 Å². The zero-order chi connectivity index (χ0) is 19.4. The van der Waals surface area contributed by atoms with Crippen LogP contribution in [0.25, 0.3) is 0 Å². The maximum Gasteiger partial charge on any atom is 0.222 e. The number of carbonyl (C=O) groups excluding carboxylic acids is 2. The average molecular weight is 373 g/mol. The summed E-state index contributed by atoms with van der Waals surface area (Å²) < 4.78 is 5.58. The molecule has 1 unspecified atom stereocenters. The molecule has 1 N–H and O–H groups in total. The van der Waals surface area contributed by atoms with Crippen LogP contribution in [0.2, 0.25) is 0 Å². The van der Waals surface area contributed by atoms with Gasteiger partial charge in [-0.05, 0) is 68.6 Å². The zero-order valence-corrected chi connectivity index (χ0v) is 16.8. The van der Waals surface area contributed by atoms with Crippen molar-refractivity contribution in [3.8, 4) is 5.75 Å². The molecule has 1 heterocycles. The molecule has 5 nitrogen and oxygen atoms in total. The van der Waals surface area contributed by atoms with Crippen LogP contribution < -0.4 is 10.1 Å². The van der Waals surface area contributed by atoms with Crippen molar-refractivity contribution in [2.45, 2.75) is 58.4 Å². The minimum atomic E-state index is 0.163. The molecule has 0 radical (unpaired) electrons. The van der Waals surface area contributed by atoms with Gasteiger partial charge in [-0.2, -0.15) is 0 Å². The van der Waals surface area contributed by atoms with Gasteiger partial charge in [0, 0.05) is 32.5 Å². The van der Waals surface area contributed by atoms with Crippen molar-refractivity contribution in [2.75, 3.05) is 20.2 Å². The maximum atomic E-state index is 12.6. The predicted molar refractivity (Wildman–Crippen MR) is 106 cm³/mol. The van der Waals surface area contributed by atoms with Crippen molar-refractivity contribution >= 4 is 11.8 Å². The van der Waals surface area contributed by atoms with Crippen LogP contribution in [0.4, 0.5) is 0 Å². The fourth-order valence-electron chi connectivity index (χ4n) is 4.56. The van der Waals surface area contributed by atoms with Crippen LogP contribution in [0.1, 0.15) is 50.2 Å². The number of fused-ring (bicyclic) bond motifs is 1. The minimum Gasteiger partial charge on any atom is -0.494 e. The number of aryl methyl sites for hydroxylation is 2. The van der Waals surface area contributed by atoms with Crippen LogP contribution >= 0.6 is 0 Å². The Morgan fingerprint density at radius 2 is 2.07 bits per heavy atom. The van der Waals surface area contributed by atoms with Gasteiger partial charge < -0.3 is 15.0 Å². The minimum absolute atomic E-state index is 0.163. The topological polar surface area (TPSA) is 58.6 Å². The monoisotopic (exact) mass is 372 g/mol. The second kappa shape index (κ2) is 8.77. The first-order valence-corrected chi connectivity index (χ1v) is 10.2. The average Bonchev–Trinajstić information content (AvgIpc) is 3.06. The van der Waals surface area contributed by atoms with E-state index >= 15 is 0 Å². The standard InChI is InChI=1S/C22H32N2O3/c1-4-27-20-9-8-16(10-15(20)2)6-5-7-22(26)24(3)19-11-17-13-21(25)23-14-18(17)12-19/h8-10,17-19H,4-7,11-14H2,1-3H3,(H,23,25)/t17-,18-,19?/m1/s1. The molecule has 27 heavy (non-hydrogen) atoms. The Hall–Kier alpha value is -2.04. The quantitative estimate of drug-likeness (QED) is 0.800. The van der Waals surface area contributed by atoms with Gasteiger partial charge in [-0.1, -0.05) is 12.1 Å². The molecular weight excluding hydrogens is 340 g/mol. The lowest BCUT2D eigenvalue weighted by atomic mass is 9.89. The highest BCUT2D eigenvalue weighted by molar-refractivity contribution is 5.77. The molecule has 3 rings (SSSR count). The summed E-state index contributed by atoms with van der Waals surface area (Å²) in [6.07, 6.45) is 4.95. The molecule has 1 aliphatic carbocycles. The van der Waals surface area contributed by atoms with Crippen molar-refractivity contribution in [3.05, 3.63) is 29.3 Å². The van der Waals surface area contributed by atoms with E-state index in [-0.39, 0.29) is 17.9 Å². The number of hydrogen-bond acceptors (Lipinski definition) is 3. The van der Waals surface area contributed by atoms with E-state index in [2.05, 4.69) is 24.4 Å². The summed E-state index contributed by atoms with van der Waals surface area (Å²) >= 11 is 0. The smallest absolute Gasteiger partial charge is 0.222 e. The van der Waals surface area contributed by atoms with Crippen molar-refractivity contribution in [2.24, 2.45) is 11.8 Å². The van der Waals surface area contributed by atoms with Gasteiger partial charge in [-0.3, -0.25) is 9.59 Å². The van der Waals surface area contributed by atoms with Crippen LogP contribution in [-0.2, 0) is 16.0 Å². The van der Waals surface area contributed by atoms with E-state index < -0.39 is 0 Å². The van der Waals surface area contributed by atoms with Gasteiger partial charge >= 0.3 is 0 Å². The Morgan fingerprint density at radius 1 is 1.30 bits per heavy atom. The van der Waals surface area contributed by atoms with E-state index in [0.717, 1.165) is 43.5 Å². The molecule has 3 atom stereocenters. The van der Waals surface area contributed by atoms with E-state index in [1.165, 1.54) is 5.56 Å². The molecule has 2 fully saturated rings. The Labute approximate surface area is 162 Å². The van der Waals surface area contributed by atoms with Crippen LogP contribution in [-0.4, -0.2) is 43.0 Å². The van der Waals surface area contributed by atoms with Gasteiger partial charge in [0.1, 0.15) is 5.75 Å². The SMILES string of the molecule is CCOc1ccc(CCCC(=O)N(C)C2C[C@@H]3CNC(=O)C[C@H]3C2)cc1C. The highest BCUT2D eigenvalue weighted by Gasteiger charge is 2.40. The molecule has 0 bridgehead atoms. The van der Waals surface area contributed by atoms with Crippen molar-refractivity contribution in [1.29, 1.82) is 0 Å². The molecule has 1 aliphatic heterocycles. The molecular formula is C22H32N2O3. The first-order valence-electron chi connectivity index (χ1n) is 10.2. The van der Waals surface area contributed by atoms with E-state index in [0.29, 0.717) is 31.3 Å². The molecule has 2 aliphatic rings. The highest BCUT2D eigenvalue weighted by atomic mass is 16.5. The molecule has 148 valence electrons. The van der Waals surface area contributed by atoms with E-state index in [1.54, 1.807) is 0 Å². The molecule has 1 saturated carbocycles. The molecule has 0 aromatic heterocycles.